The quantitative estimate of drug-likeness (QED) is 0.582. The largest absolute Gasteiger partial charge is 0.327 e. The molecule has 3 aliphatic rings. The Kier molecular flexibility index (Phi) is 2.94. The van der Waals surface area contributed by atoms with Gasteiger partial charge in [0.2, 0.25) is 11.8 Å². The number of carbonyl (C=O) groups is 3. The summed E-state index contributed by atoms with van der Waals surface area (Å²) in [5, 5.41) is 1.83. The number of aryl methyl sites for hydroxylation is 1. The summed E-state index contributed by atoms with van der Waals surface area (Å²) in [5.41, 5.74) is 0. The van der Waals surface area contributed by atoms with Crippen LogP contribution in [0.2, 0.25) is 0 Å². The number of hydrogen-bond donors (Lipinski definition) is 0. The summed E-state index contributed by atoms with van der Waals surface area (Å²) in [6, 6.07) is 0. The van der Waals surface area contributed by atoms with Gasteiger partial charge in [0.05, 0.1) is 11.8 Å². The number of allylic oxidation sites excluding steroid dienone is 2. The molecule has 3 amide bonds. The average molecular weight is 317 g/mol. The molecule has 1 aromatic heterocycles. The first kappa shape index (κ1) is 13.6. The Morgan fingerprint density at radius 2 is 1.91 bits per heavy atom. The molecule has 7 heteroatoms. The minimum atomic E-state index is -0.458. The van der Waals surface area contributed by atoms with Gasteiger partial charge in [0, 0.05) is 18.6 Å². The molecular weight excluding hydrogens is 302 g/mol. The van der Waals surface area contributed by atoms with E-state index in [1.807, 2.05) is 17.5 Å². The van der Waals surface area contributed by atoms with E-state index in [4.69, 9.17) is 0 Å². The number of fused-ring (bicyclic) bond motifs is 5. The molecule has 0 spiro atoms. The maximum atomic E-state index is 12.5. The summed E-state index contributed by atoms with van der Waals surface area (Å²) in [4.78, 5) is 42.7. The van der Waals surface area contributed by atoms with Crippen molar-refractivity contribution >= 4 is 29.1 Å². The van der Waals surface area contributed by atoms with E-state index in [-0.39, 0.29) is 42.0 Å². The average Bonchev–Trinajstić information content (AvgIpc) is 3.22. The Hall–Kier alpha value is -2.02. The van der Waals surface area contributed by atoms with E-state index >= 15 is 0 Å². The molecule has 114 valence electrons. The fraction of sp³-hybridized carbons (Fsp3) is 0.467. The smallest absolute Gasteiger partial charge is 0.268 e. The van der Waals surface area contributed by atoms with Crippen molar-refractivity contribution in [1.29, 1.82) is 0 Å². The molecule has 1 saturated heterocycles. The topological polar surface area (TPSA) is 71.7 Å². The van der Waals surface area contributed by atoms with Gasteiger partial charge in [0.25, 0.3) is 5.91 Å². The Morgan fingerprint density at radius 1 is 1.27 bits per heavy atom. The normalized spacial score (nSPS) is 33.1. The summed E-state index contributed by atoms with van der Waals surface area (Å²) in [5.74, 6) is -1.05. The van der Waals surface area contributed by atoms with Crippen LogP contribution in [-0.2, 0) is 21.4 Å². The van der Waals surface area contributed by atoms with E-state index in [0.717, 1.165) is 11.3 Å². The van der Waals surface area contributed by atoms with Crippen molar-refractivity contribution in [3.8, 4) is 0 Å². The predicted molar refractivity (Wildman–Crippen MR) is 78.3 cm³/mol. The van der Waals surface area contributed by atoms with E-state index in [0.29, 0.717) is 4.80 Å². The van der Waals surface area contributed by atoms with Crippen molar-refractivity contribution in [3.05, 3.63) is 28.5 Å². The lowest BCUT2D eigenvalue weighted by atomic mass is 9.85. The first-order chi connectivity index (χ1) is 10.6. The van der Waals surface area contributed by atoms with Gasteiger partial charge < -0.3 is 4.57 Å². The van der Waals surface area contributed by atoms with Crippen molar-refractivity contribution in [2.45, 2.75) is 6.42 Å². The number of aromatic nitrogens is 1. The second-order valence-electron chi connectivity index (χ2n) is 6.06. The monoisotopic (exact) mass is 317 g/mol. The second-order valence-corrected chi connectivity index (χ2v) is 6.94. The highest BCUT2D eigenvalue weighted by atomic mass is 32.1. The molecule has 0 radical (unpaired) electrons. The van der Waals surface area contributed by atoms with Gasteiger partial charge in [-0.3, -0.25) is 19.3 Å². The van der Waals surface area contributed by atoms with Gasteiger partial charge in [-0.25, -0.2) is 0 Å². The molecule has 1 saturated carbocycles. The number of hydrogen-bond acceptors (Lipinski definition) is 4. The summed E-state index contributed by atoms with van der Waals surface area (Å²) in [6.07, 6.45) is 6.78. The Morgan fingerprint density at radius 3 is 2.45 bits per heavy atom. The van der Waals surface area contributed by atoms with Gasteiger partial charge in [0.15, 0.2) is 4.80 Å². The van der Waals surface area contributed by atoms with Crippen molar-refractivity contribution in [1.82, 2.24) is 9.47 Å². The molecule has 1 aromatic rings. The van der Waals surface area contributed by atoms with Gasteiger partial charge in [0.1, 0.15) is 6.54 Å². The van der Waals surface area contributed by atoms with E-state index in [1.165, 1.54) is 11.3 Å². The first-order valence-corrected chi connectivity index (χ1v) is 8.15. The van der Waals surface area contributed by atoms with Crippen LogP contribution in [0.4, 0.5) is 0 Å². The summed E-state index contributed by atoms with van der Waals surface area (Å²) < 4.78 is 1.73. The van der Waals surface area contributed by atoms with Gasteiger partial charge in [-0.15, -0.1) is 11.3 Å². The van der Waals surface area contributed by atoms with Crippen molar-refractivity contribution in [3.63, 3.8) is 0 Å². The molecule has 2 fully saturated rings. The minimum Gasteiger partial charge on any atom is -0.327 e. The predicted octanol–water partition coefficient (Wildman–Crippen LogP) is 0.321. The summed E-state index contributed by atoms with van der Waals surface area (Å²) in [7, 11) is 1.79. The van der Waals surface area contributed by atoms with Crippen molar-refractivity contribution in [2.24, 2.45) is 35.7 Å². The molecule has 2 heterocycles. The van der Waals surface area contributed by atoms with E-state index in [1.54, 1.807) is 17.8 Å². The van der Waals surface area contributed by atoms with E-state index < -0.39 is 5.91 Å². The van der Waals surface area contributed by atoms with Gasteiger partial charge >= 0.3 is 0 Å². The van der Waals surface area contributed by atoms with Crippen LogP contribution in [0.1, 0.15) is 6.42 Å². The molecule has 6 nitrogen and oxygen atoms in total. The van der Waals surface area contributed by atoms with Gasteiger partial charge in [-0.05, 0) is 18.3 Å². The van der Waals surface area contributed by atoms with E-state index in [2.05, 4.69) is 4.99 Å². The highest BCUT2D eigenvalue weighted by Gasteiger charge is 2.59. The highest BCUT2D eigenvalue weighted by Crippen LogP contribution is 2.52. The second kappa shape index (κ2) is 4.74. The molecule has 22 heavy (non-hydrogen) atoms. The number of rotatable bonds is 2. The summed E-state index contributed by atoms with van der Waals surface area (Å²) >= 11 is 1.34. The van der Waals surface area contributed by atoms with Crippen LogP contribution in [0.25, 0.3) is 0 Å². The number of nitrogens with zero attached hydrogens (tertiary/aromatic N) is 3. The molecule has 4 atom stereocenters. The Balaban J connectivity index is 1.55. The van der Waals surface area contributed by atoms with Crippen LogP contribution in [0.15, 0.2) is 28.7 Å². The van der Waals surface area contributed by atoms with Crippen LogP contribution in [0.5, 0.6) is 0 Å². The van der Waals surface area contributed by atoms with Crippen LogP contribution < -0.4 is 4.80 Å². The molecule has 1 aliphatic heterocycles. The lowest BCUT2D eigenvalue weighted by Gasteiger charge is -2.14. The van der Waals surface area contributed by atoms with E-state index in [9.17, 15) is 14.4 Å². The highest BCUT2D eigenvalue weighted by molar-refractivity contribution is 7.07. The molecule has 0 aromatic carbocycles. The number of thiazole rings is 1. The maximum absolute atomic E-state index is 12.5. The fourth-order valence-electron chi connectivity index (χ4n) is 3.83. The lowest BCUT2D eigenvalue weighted by Crippen LogP contribution is -2.37. The maximum Gasteiger partial charge on any atom is 0.268 e. The standard InChI is InChI=1S/C15H15N3O3S/c1-17-4-5-22-15(17)16-10(19)7-18-13(20)11-8-2-3-9(6-8)12(11)14(18)21/h2-5,8-9,11-12H,6-7H2,1H3. The SMILES string of the molecule is Cn1ccsc1=NC(=O)CN1C(=O)C2C3C=CC(C3)C2C1=O. The molecule has 2 aliphatic carbocycles. The third kappa shape index (κ3) is 1.85. The number of carbonyl (C=O) groups excluding carboxylic acids is 3. The van der Waals surface area contributed by atoms with Gasteiger partial charge in [-0.1, -0.05) is 12.2 Å². The number of imide groups is 1. The molecule has 2 bridgehead atoms. The third-order valence-corrected chi connectivity index (χ3v) is 5.68. The zero-order chi connectivity index (χ0) is 15.4. The van der Waals surface area contributed by atoms with Crippen LogP contribution in [0, 0.1) is 23.7 Å². The Bertz CT molecular complexity index is 745. The molecule has 4 rings (SSSR count). The zero-order valence-electron chi connectivity index (χ0n) is 12.0. The minimum absolute atomic E-state index is 0.165. The van der Waals surface area contributed by atoms with Crippen LogP contribution in [-0.4, -0.2) is 33.7 Å². The third-order valence-electron chi connectivity index (χ3n) is 4.83. The molecular formula is C15H15N3O3S. The summed E-state index contributed by atoms with van der Waals surface area (Å²) in [6.45, 7) is -0.248. The van der Waals surface area contributed by atoms with Crippen molar-refractivity contribution in [2.75, 3.05) is 6.54 Å². The van der Waals surface area contributed by atoms with Gasteiger partial charge in [-0.2, -0.15) is 4.99 Å². The fourth-order valence-corrected chi connectivity index (χ4v) is 4.58. The number of amides is 3. The molecule has 4 unspecified atom stereocenters. The lowest BCUT2D eigenvalue weighted by molar-refractivity contribution is -0.143. The van der Waals surface area contributed by atoms with Crippen molar-refractivity contribution < 1.29 is 14.4 Å². The Labute approximate surface area is 130 Å². The van der Waals surface area contributed by atoms with Crippen LogP contribution >= 0.6 is 11.3 Å². The first-order valence-electron chi connectivity index (χ1n) is 7.27. The number of likely N-dealkylation sites (tertiary alicyclic amines) is 1. The molecule has 0 N–H and O–H groups in total. The zero-order valence-corrected chi connectivity index (χ0v) is 12.8. The van der Waals surface area contributed by atoms with Crippen LogP contribution in [0.3, 0.4) is 0 Å².